The Morgan fingerprint density at radius 1 is 1.27 bits per heavy atom. The molecular formula is C12H11N3. The van der Waals surface area contributed by atoms with Crippen molar-refractivity contribution in [2.45, 2.75) is 6.42 Å². The van der Waals surface area contributed by atoms with Crippen molar-refractivity contribution in [3.05, 3.63) is 30.5 Å². The molecule has 3 nitrogen and oxygen atoms in total. The number of para-hydroxylation sites is 2. The summed E-state index contributed by atoms with van der Waals surface area (Å²) in [6.45, 7) is 0.726. The number of rotatable bonds is 3. The van der Waals surface area contributed by atoms with Gasteiger partial charge in [-0.2, -0.15) is 0 Å². The van der Waals surface area contributed by atoms with Gasteiger partial charge in [-0.05, 0) is 12.1 Å². The Labute approximate surface area is 88.6 Å². The molecule has 2 aromatic rings. The zero-order valence-electron chi connectivity index (χ0n) is 8.27. The molecule has 15 heavy (non-hydrogen) atoms. The number of aromatic nitrogens is 2. The van der Waals surface area contributed by atoms with Crippen LogP contribution in [0.15, 0.2) is 30.5 Å². The number of nitrogens with zero attached hydrogens (tertiary/aromatic N) is 2. The van der Waals surface area contributed by atoms with E-state index < -0.39 is 0 Å². The van der Waals surface area contributed by atoms with Crippen LogP contribution in [-0.2, 0) is 0 Å². The summed E-state index contributed by atoms with van der Waals surface area (Å²) in [6, 6.07) is 7.77. The summed E-state index contributed by atoms with van der Waals surface area (Å²) in [5.41, 5.74) is 1.79. The molecule has 74 valence electrons. The predicted octanol–water partition coefficient (Wildman–Crippen LogP) is 2.06. The van der Waals surface area contributed by atoms with Gasteiger partial charge in [0.25, 0.3) is 0 Å². The van der Waals surface area contributed by atoms with Crippen LogP contribution in [0.5, 0.6) is 0 Å². The molecule has 1 N–H and O–H groups in total. The molecule has 0 bridgehead atoms. The Balaban J connectivity index is 2.20. The molecule has 0 saturated carbocycles. The highest BCUT2D eigenvalue weighted by atomic mass is 15.0. The Kier molecular flexibility index (Phi) is 2.80. The predicted molar refractivity (Wildman–Crippen MR) is 61.5 cm³/mol. The number of nitrogens with one attached hydrogen (secondary N) is 1. The Hall–Kier alpha value is -2.08. The summed E-state index contributed by atoms with van der Waals surface area (Å²) in [5.74, 6) is 3.33. The number of terminal acetylenes is 1. The third-order valence-electron chi connectivity index (χ3n) is 2.02. The molecule has 0 spiro atoms. The molecule has 0 radical (unpaired) electrons. The van der Waals surface area contributed by atoms with Crippen molar-refractivity contribution < 1.29 is 0 Å². The second-order valence-electron chi connectivity index (χ2n) is 3.12. The van der Waals surface area contributed by atoms with Gasteiger partial charge in [-0.3, -0.25) is 4.98 Å². The molecule has 1 aromatic carbocycles. The fourth-order valence-electron chi connectivity index (χ4n) is 1.31. The second kappa shape index (κ2) is 4.43. The maximum absolute atomic E-state index is 5.16. The third kappa shape index (κ3) is 2.23. The van der Waals surface area contributed by atoms with E-state index in [-0.39, 0.29) is 0 Å². The summed E-state index contributed by atoms with van der Waals surface area (Å²) < 4.78 is 0. The van der Waals surface area contributed by atoms with E-state index in [1.165, 1.54) is 0 Å². The molecule has 0 fully saturated rings. The number of benzene rings is 1. The first-order valence-electron chi connectivity index (χ1n) is 4.79. The Bertz CT molecular complexity index is 499. The lowest BCUT2D eigenvalue weighted by atomic mass is 10.3. The van der Waals surface area contributed by atoms with Gasteiger partial charge in [0.05, 0.1) is 17.2 Å². The van der Waals surface area contributed by atoms with Crippen molar-refractivity contribution >= 4 is 16.9 Å². The van der Waals surface area contributed by atoms with E-state index in [1.807, 2.05) is 24.3 Å². The van der Waals surface area contributed by atoms with Gasteiger partial charge in [0, 0.05) is 13.0 Å². The van der Waals surface area contributed by atoms with Crippen LogP contribution in [0, 0.1) is 12.3 Å². The van der Waals surface area contributed by atoms with Crippen LogP contribution < -0.4 is 5.32 Å². The van der Waals surface area contributed by atoms with Gasteiger partial charge in [0.2, 0.25) is 0 Å². The molecular weight excluding hydrogens is 186 g/mol. The smallest absolute Gasteiger partial charge is 0.145 e. The van der Waals surface area contributed by atoms with Crippen molar-refractivity contribution in [1.29, 1.82) is 0 Å². The lowest BCUT2D eigenvalue weighted by molar-refractivity contribution is 1.07. The Morgan fingerprint density at radius 3 is 2.87 bits per heavy atom. The van der Waals surface area contributed by atoms with Crippen molar-refractivity contribution in [3.8, 4) is 12.3 Å². The van der Waals surface area contributed by atoms with Gasteiger partial charge >= 0.3 is 0 Å². The highest BCUT2D eigenvalue weighted by Crippen LogP contribution is 2.10. The first-order valence-corrected chi connectivity index (χ1v) is 4.79. The molecule has 0 amide bonds. The molecule has 0 atom stereocenters. The van der Waals surface area contributed by atoms with E-state index in [4.69, 9.17) is 6.42 Å². The van der Waals surface area contributed by atoms with E-state index in [2.05, 4.69) is 21.2 Å². The zero-order chi connectivity index (χ0) is 10.5. The summed E-state index contributed by atoms with van der Waals surface area (Å²) in [5, 5.41) is 3.12. The standard InChI is InChI=1S/C12H11N3/c1-2-3-8-13-12-9-14-10-6-4-5-7-11(10)15-12/h1,4-7,9H,3,8H2,(H,13,15). The summed E-state index contributed by atoms with van der Waals surface area (Å²) in [7, 11) is 0. The van der Waals surface area contributed by atoms with Crippen molar-refractivity contribution in [1.82, 2.24) is 9.97 Å². The fraction of sp³-hybridized carbons (Fsp3) is 0.167. The van der Waals surface area contributed by atoms with Gasteiger partial charge < -0.3 is 5.32 Å². The average molecular weight is 197 g/mol. The van der Waals surface area contributed by atoms with E-state index in [9.17, 15) is 0 Å². The van der Waals surface area contributed by atoms with E-state index in [0.717, 1.165) is 23.4 Å². The first-order chi connectivity index (χ1) is 7.40. The quantitative estimate of drug-likeness (QED) is 0.604. The highest BCUT2D eigenvalue weighted by molar-refractivity contribution is 5.75. The molecule has 1 aromatic heterocycles. The number of anilines is 1. The number of hydrogen-bond donors (Lipinski definition) is 1. The Morgan fingerprint density at radius 2 is 2.07 bits per heavy atom. The van der Waals surface area contributed by atoms with Gasteiger partial charge in [0.15, 0.2) is 0 Å². The third-order valence-corrected chi connectivity index (χ3v) is 2.02. The number of hydrogen-bond acceptors (Lipinski definition) is 3. The van der Waals surface area contributed by atoms with Gasteiger partial charge in [0.1, 0.15) is 5.82 Å². The molecule has 2 rings (SSSR count). The minimum Gasteiger partial charge on any atom is -0.368 e. The SMILES string of the molecule is C#CCCNc1cnc2ccccc2n1. The van der Waals surface area contributed by atoms with Crippen LogP contribution in [0.3, 0.4) is 0 Å². The monoisotopic (exact) mass is 197 g/mol. The first kappa shape index (κ1) is 9.47. The zero-order valence-corrected chi connectivity index (χ0v) is 8.27. The van der Waals surface area contributed by atoms with Crippen LogP contribution in [0.1, 0.15) is 6.42 Å². The van der Waals surface area contributed by atoms with Crippen LogP contribution in [-0.4, -0.2) is 16.5 Å². The maximum Gasteiger partial charge on any atom is 0.145 e. The van der Waals surface area contributed by atoms with Gasteiger partial charge in [-0.15, -0.1) is 12.3 Å². The molecule has 0 unspecified atom stereocenters. The van der Waals surface area contributed by atoms with Crippen LogP contribution >= 0.6 is 0 Å². The van der Waals surface area contributed by atoms with Crippen molar-refractivity contribution in [3.63, 3.8) is 0 Å². The van der Waals surface area contributed by atoms with Crippen LogP contribution in [0.4, 0.5) is 5.82 Å². The van der Waals surface area contributed by atoms with Crippen molar-refractivity contribution in [2.24, 2.45) is 0 Å². The summed E-state index contributed by atoms with van der Waals surface area (Å²) in [6.07, 6.45) is 7.57. The minimum absolute atomic E-state index is 0.689. The highest BCUT2D eigenvalue weighted by Gasteiger charge is 1.97. The minimum atomic E-state index is 0.689. The van der Waals surface area contributed by atoms with E-state index in [1.54, 1.807) is 6.20 Å². The van der Waals surface area contributed by atoms with E-state index in [0.29, 0.717) is 6.42 Å². The largest absolute Gasteiger partial charge is 0.368 e. The van der Waals surface area contributed by atoms with Crippen LogP contribution in [0.2, 0.25) is 0 Å². The lowest BCUT2D eigenvalue weighted by Crippen LogP contribution is -2.02. The second-order valence-corrected chi connectivity index (χ2v) is 3.12. The maximum atomic E-state index is 5.16. The summed E-state index contributed by atoms with van der Waals surface area (Å²) >= 11 is 0. The van der Waals surface area contributed by atoms with Gasteiger partial charge in [-0.25, -0.2) is 4.98 Å². The normalized spacial score (nSPS) is 9.80. The fourth-order valence-corrected chi connectivity index (χ4v) is 1.31. The van der Waals surface area contributed by atoms with Gasteiger partial charge in [-0.1, -0.05) is 12.1 Å². The molecule has 1 heterocycles. The lowest BCUT2D eigenvalue weighted by Gasteiger charge is -2.03. The van der Waals surface area contributed by atoms with E-state index >= 15 is 0 Å². The molecule has 3 heteroatoms. The molecule has 0 saturated heterocycles. The van der Waals surface area contributed by atoms with Crippen molar-refractivity contribution in [2.75, 3.05) is 11.9 Å². The molecule has 0 aliphatic carbocycles. The average Bonchev–Trinajstić information content (AvgIpc) is 2.29. The topological polar surface area (TPSA) is 37.8 Å². The molecule has 0 aliphatic heterocycles. The molecule has 0 aliphatic rings. The van der Waals surface area contributed by atoms with Crippen LogP contribution in [0.25, 0.3) is 11.0 Å². The summed E-state index contributed by atoms with van der Waals surface area (Å²) in [4.78, 5) is 8.69. The number of fused-ring (bicyclic) bond motifs is 1.